The summed E-state index contributed by atoms with van der Waals surface area (Å²) in [5, 5.41) is 0. The molecule has 5 nitrogen and oxygen atoms in total. The third-order valence-corrected chi connectivity index (χ3v) is 7.01. The van der Waals surface area contributed by atoms with Crippen molar-refractivity contribution >= 4 is 40.3 Å². The number of rotatable bonds is 12. The Morgan fingerprint density at radius 3 is 2.38 bits per heavy atom. The number of benzene rings is 2. The van der Waals surface area contributed by atoms with Crippen LogP contribution in [-0.4, -0.2) is 41.5 Å². The molecule has 34 heavy (non-hydrogen) atoms. The van der Waals surface area contributed by atoms with Crippen LogP contribution < -0.4 is 14.2 Å². The lowest BCUT2D eigenvalue weighted by atomic mass is 9.99. The molecule has 1 saturated heterocycles. The average Bonchev–Trinajstić information content (AvgIpc) is 3.11. The van der Waals surface area contributed by atoms with Crippen molar-refractivity contribution in [2.24, 2.45) is 0 Å². The fourth-order valence-corrected chi connectivity index (χ4v) is 4.87. The third kappa shape index (κ3) is 6.76. The maximum absolute atomic E-state index is 12.5. The molecule has 1 amide bonds. The van der Waals surface area contributed by atoms with E-state index in [1.165, 1.54) is 17.3 Å². The van der Waals surface area contributed by atoms with E-state index in [-0.39, 0.29) is 5.91 Å². The van der Waals surface area contributed by atoms with Gasteiger partial charge >= 0.3 is 0 Å². The maximum Gasteiger partial charge on any atom is 0.266 e. The number of thioether (sulfide) groups is 1. The molecule has 0 aliphatic carbocycles. The van der Waals surface area contributed by atoms with Crippen LogP contribution in [0, 0.1) is 0 Å². The monoisotopic (exact) mass is 499 g/mol. The topological polar surface area (TPSA) is 48.0 Å². The SMILES string of the molecule is CCOc1cc(/C=C2/SC(=S)N(CC)C2=O)ccc1OCCCOc1ccc([C@@H](C)CC)cc1. The highest BCUT2D eigenvalue weighted by Crippen LogP contribution is 2.34. The fraction of sp³-hybridized carbons (Fsp3) is 0.407. The molecule has 0 N–H and O–H groups in total. The predicted molar refractivity (Wildman–Crippen MR) is 144 cm³/mol. The van der Waals surface area contributed by atoms with E-state index in [1.807, 2.05) is 50.3 Å². The summed E-state index contributed by atoms with van der Waals surface area (Å²) >= 11 is 6.62. The van der Waals surface area contributed by atoms with Crippen molar-refractivity contribution in [2.45, 2.75) is 46.5 Å². The number of carbonyl (C=O) groups excluding carboxylic acids is 1. The first-order chi connectivity index (χ1) is 16.5. The summed E-state index contributed by atoms with van der Waals surface area (Å²) in [5.41, 5.74) is 2.21. The summed E-state index contributed by atoms with van der Waals surface area (Å²) in [7, 11) is 0. The van der Waals surface area contributed by atoms with Crippen molar-refractivity contribution in [3.05, 3.63) is 58.5 Å². The number of hydrogen-bond acceptors (Lipinski definition) is 6. The van der Waals surface area contributed by atoms with Crippen LogP contribution in [0.1, 0.15) is 57.6 Å². The van der Waals surface area contributed by atoms with Gasteiger partial charge in [0.15, 0.2) is 11.5 Å². The molecule has 182 valence electrons. The molecule has 2 aromatic rings. The number of nitrogens with zero attached hydrogens (tertiary/aromatic N) is 1. The molecule has 0 radical (unpaired) electrons. The van der Waals surface area contributed by atoms with Crippen molar-refractivity contribution in [2.75, 3.05) is 26.4 Å². The molecule has 0 saturated carbocycles. The van der Waals surface area contributed by atoms with Gasteiger partial charge in [-0.25, -0.2) is 0 Å². The number of thiocarbonyl (C=S) groups is 1. The molecule has 1 fully saturated rings. The highest BCUT2D eigenvalue weighted by Gasteiger charge is 2.30. The molecule has 0 aromatic heterocycles. The van der Waals surface area contributed by atoms with Crippen LogP contribution >= 0.6 is 24.0 Å². The molecule has 0 unspecified atom stereocenters. The van der Waals surface area contributed by atoms with E-state index in [2.05, 4.69) is 26.0 Å². The molecule has 1 aliphatic rings. The minimum Gasteiger partial charge on any atom is -0.493 e. The zero-order chi connectivity index (χ0) is 24.5. The summed E-state index contributed by atoms with van der Waals surface area (Å²) in [5.74, 6) is 2.72. The highest BCUT2D eigenvalue weighted by molar-refractivity contribution is 8.26. The van der Waals surface area contributed by atoms with E-state index in [0.29, 0.717) is 53.0 Å². The van der Waals surface area contributed by atoms with Gasteiger partial charge in [-0.2, -0.15) is 0 Å². The lowest BCUT2D eigenvalue weighted by molar-refractivity contribution is -0.121. The fourth-order valence-electron chi connectivity index (χ4n) is 3.49. The van der Waals surface area contributed by atoms with Gasteiger partial charge in [-0.15, -0.1) is 0 Å². The quantitative estimate of drug-likeness (QED) is 0.185. The molecule has 0 spiro atoms. The van der Waals surface area contributed by atoms with E-state index in [0.717, 1.165) is 24.2 Å². The van der Waals surface area contributed by atoms with Crippen LogP contribution in [0.2, 0.25) is 0 Å². The van der Waals surface area contributed by atoms with Gasteiger partial charge in [0.2, 0.25) is 0 Å². The summed E-state index contributed by atoms with van der Waals surface area (Å²) in [4.78, 5) is 14.7. The molecule has 1 aliphatic heterocycles. The largest absolute Gasteiger partial charge is 0.493 e. The summed E-state index contributed by atoms with van der Waals surface area (Å²) in [6.45, 7) is 10.5. The van der Waals surface area contributed by atoms with Crippen LogP contribution in [0.3, 0.4) is 0 Å². The third-order valence-electron chi connectivity index (χ3n) is 5.63. The van der Waals surface area contributed by atoms with Gasteiger partial charge < -0.3 is 14.2 Å². The molecular formula is C27H33NO4S2. The van der Waals surface area contributed by atoms with Gasteiger partial charge in [0.05, 0.1) is 24.7 Å². The second-order valence-electron chi connectivity index (χ2n) is 7.99. The summed E-state index contributed by atoms with van der Waals surface area (Å²) < 4.78 is 18.2. The Balaban J connectivity index is 1.54. The van der Waals surface area contributed by atoms with Crippen LogP contribution in [0.15, 0.2) is 47.4 Å². The minimum absolute atomic E-state index is 0.0506. The van der Waals surface area contributed by atoms with Gasteiger partial charge in [-0.3, -0.25) is 9.69 Å². The van der Waals surface area contributed by atoms with Crippen molar-refractivity contribution in [3.8, 4) is 17.2 Å². The van der Waals surface area contributed by atoms with Crippen molar-refractivity contribution in [1.82, 2.24) is 4.90 Å². The molecule has 1 heterocycles. The molecule has 3 rings (SSSR count). The van der Waals surface area contributed by atoms with E-state index in [4.69, 9.17) is 26.4 Å². The molecule has 2 aromatic carbocycles. The van der Waals surface area contributed by atoms with E-state index in [1.54, 1.807) is 4.90 Å². The van der Waals surface area contributed by atoms with Gasteiger partial charge in [0.25, 0.3) is 5.91 Å². The van der Waals surface area contributed by atoms with Crippen LogP contribution in [0.25, 0.3) is 6.08 Å². The van der Waals surface area contributed by atoms with Crippen molar-refractivity contribution in [3.63, 3.8) is 0 Å². The lowest BCUT2D eigenvalue weighted by Crippen LogP contribution is -2.27. The van der Waals surface area contributed by atoms with Crippen molar-refractivity contribution < 1.29 is 19.0 Å². The van der Waals surface area contributed by atoms with Gasteiger partial charge in [-0.1, -0.05) is 56.0 Å². The number of carbonyl (C=O) groups is 1. The second kappa shape index (κ2) is 12.8. The zero-order valence-corrected chi connectivity index (χ0v) is 22.0. The Kier molecular flexibility index (Phi) is 9.84. The average molecular weight is 500 g/mol. The van der Waals surface area contributed by atoms with Crippen LogP contribution in [0.5, 0.6) is 17.2 Å². The first-order valence-corrected chi connectivity index (χ1v) is 13.1. The van der Waals surface area contributed by atoms with E-state index >= 15 is 0 Å². The predicted octanol–water partition coefficient (Wildman–Crippen LogP) is 6.67. The van der Waals surface area contributed by atoms with Gasteiger partial charge in [0, 0.05) is 13.0 Å². The maximum atomic E-state index is 12.5. The standard InChI is InChI=1S/C27H33NO4S2/c1-5-19(4)21-10-12-22(13-11-21)31-15-8-16-32-23-14-9-20(17-24(23)30-7-3)18-25-26(29)28(6-2)27(33)34-25/h9-14,17-19H,5-8,15-16H2,1-4H3/b25-18+/t19-/m0/s1. The van der Waals surface area contributed by atoms with Crippen LogP contribution in [-0.2, 0) is 4.79 Å². The zero-order valence-electron chi connectivity index (χ0n) is 20.3. The van der Waals surface area contributed by atoms with Gasteiger partial charge in [0.1, 0.15) is 10.1 Å². The Hall–Kier alpha value is -2.51. The Labute approximate surface area is 212 Å². The van der Waals surface area contributed by atoms with E-state index in [9.17, 15) is 4.79 Å². The van der Waals surface area contributed by atoms with E-state index < -0.39 is 0 Å². The molecule has 7 heteroatoms. The molecule has 1 atom stereocenters. The number of hydrogen-bond donors (Lipinski definition) is 0. The smallest absolute Gasteiger partial charge is 0.266 e. The Morgan fingerprint density at radius 2 is 1.74 bits per heavy atom. The summed E-state index contributed by atoms with van der Waals surface area (Å²) in [6.07, 6.45) is 3.73. The number of ether oxygens (including phenoxy) is 3. The number of likely N-dealkylation sites (N-methyl/N-ethyl adjacent to an activating group) is 1. The Bertz CT molecular complexity index is 1020. The minimum atomic E-state index is -0.0506. The van der Waals surface area contributed by atoms with Crippen molar-refractivity contribution in [1.29, 1.82) is 0 Å². The summed E-state index contributed by atoms with van der Waals surface area (Å²) in [6, 6.07) is 14.0. The first-order valence-electron chi connectivity index (χ1n) is 11.8. The lowest BCUT2D eigenvalue weighted by Gasteiger charge is -2.13. The second-order valence-corrected chi connectivity index (χ2v) is 9.67. The highest BCUT2D eigenvalue weighted by atomic mass is 32.2. The Morgan fingerprint density at radius 1 is 1.00 bits per heavy atom. The first kappa shape index (κ1) is 26.1. The van der Waals surface area contributed by atoms with Gasteiger partial charge in [-0.05, 0) is 67.7 Å². The number of amides is 1. The van der Waals surface area contributed by atoms with Crippen LogP contribution in [0.4, 0.5) is 0 Å². The molecule has 0 bridgehead atoms. The normalized spacial score (nSPS) is 15.6. The molecular weight excluding hydrogens is 466 g/mol.